The Kier molecular flexibility index (Phi) is 4.17. The van der Waals surface area contributed by atoms with E-state index in [0.29, 0.717) is 12.4 Å². The molecule has 1 aromatic carbocycles. The number of benzene rings is 1. The third-order valence-corrected chi connectivity index (χ3v) is 2.93. The van der Waals surface area contributed by atoms with Crippen molar-refractivity contribution in [1.82, 2.24) is 4.90 Å². The number of hydrogen-bond donors (Lipinski definition) is 2. The number of hydrogen-bond acceptors (Lipinski definition) is 4. The molecule has 2 rings (SSSR count). The van der Waals surface area contributed by atoms with Gasteiger partial charge in [-0.2, -0.15) is 0 Å². The van der Waals surface area contributed by atoms with E-state index < -0.39 is 5.97 Å². The fraction of sp³-hybridized carbons (Fsp3) is 0.462. The minimum absolute atomic E-state index is 0.158. The van der Waals surface area contributed by atoms with E-state index in [1.807, 2.05) is 0 Å². The Morgan fingerprint density at radius 1 is 1.33 bits per heavy atom. The maximum atomic E-state index is 10.6. The number of aliphatic hydroxyl groups is 1. The molecule has 18 heavy (non-hydrogen) atoms. The van der Waals surface area contributed by atoms with Crippen LogP contribution in [0.4, 0.5) is 0 Å². The number of ether oxygens (including phenoxy) is 1. The van der Waals surface area contributed by atoms with E-state index >= 15 is 0 Å². The van der Waals surface area contributed by atoms with Crippen LogP contribution in [0.1, 0.15) is 16.8 Å². The summed E-state index contributed by atoms with van der Waals surface area (Å²) < 4.78 is 5.50. The molecule has 5 nitrogen and oxygen atoms in total. The molecule has 5 heteroatoms. The van der Waals surface area contributed by atoms with Crippen LogP contribution >= 0.6 is 0 Å². The molecular weight excluding hydrogens is 234 g/mol. The molecule has 1 aliphatic rings. The summed E-state index contributed by atoms with van der Waals surface area (Å²) in [7, 11) is 0. The zero-order valence-electron chi connectivity index (χ0n) is 10.1. The van der Waals surface area contributed by atoms with Crippen molar-refractivity contribution in [2.24, 2.45) is 0 Å². The minimum Gasteiger partial charge on any atom is -0.494 e. The zero-order chi connectivity index (χ0) is 13.0. The third-order valence-electron chi connectivity index (χ3n) is 2.93. The molecule has 1 aliphatic heterocycles. The first-order chi connectivity index (χ1) is 8.65. The standard InChI is InChI=1S/C13H17NO4/c15-11-8-14(9-11)6-1-7-18-12-4-2-10(3-5-12)13(16)17/h2-5,11,15H,1,6-9H2,(H,16,17). The Balaban J connectivity index is 1.65. The van der Waals surface area contributed by atoms with Crippen molar-refractivity contribution in [3.63, 3.8) is 0 Å². The highest BCUT2D eigenvalue weighted by molar-refractivity contribution is 5.87. The van der Waals surface area contributed by atoms with Gasteiger partial charge < -0.3 is 14.9 Å². The summed E-state index contributed by atoms with van der Waals surface area (Å²) in [5.41, 5.74) is 0.261. The van der Waals surface area contributed by atoms with Gasteiger partial charge in [0.05, 0.1) is 18.3 Å². The van der Waals surface area contributed by atoms with Crippen LogP contribution in [-0.4, -0.2) is 53.4 Å². The van der Waals surface area contributed by atoms with Gasteiger partial charge >= 0.3 is 5.97 Å². The van der Waals surface area contributed by atoms with Crippen LogP contribution in [0.5, 0.6) is 5.75 Å². The van der Waals surface area contributed by atoms with Gasteiger partial charge in [0.15, 0.2) is 0 Å². The molecule has 0 aromatic heterocycles. The molecule has 0 atom stereocenters. The Morgan fingerprint density at radius 3 is 2.56 bits per heavy atom. The van der Waals surface area contributed by atoms with Crippen LogP contribution in [0.25, 0.3) is 0 Å². The summed E-state index contributed by atoms with van der Waals surface area (Å²) in [5.74, 6) is -0.249. The number of carboxylic acids is 1. The van der Waals surface area contributed by atoms with E-state index in [1.165, 1.54) is 12.1 Å². The van der Waals surface area contributed by atoms with E-state index in [0.717, 1.165) is 26.1 Å². The molecule has 0 bridgehead atoms. The van der Waals surface area contributed by atoms with Gasteiger partial charge in [-0.05, 0) is 30.7 Å². The second-order valence-electron chi connectivity index (χ2n) is 4.44. The Morgan fingerprint density at radius 2 is 2.00 bits per heavy atom. The zero-order valence-corrected chi connectivity index (χ0v) is 10.1. The maximum Gasteiger partial charge on any atom is 0.335 e. The molecule has 98 valence electrons. The van der Waals surface area contributed by atoms with Gasteiger partial charge in [-0.1, -0.05) is 0 Å². The number of nitrogens with zero attached hydrogens (tertiary/aromatic N) is 1. The first-order valence-electron chi connectivity index (χ1n) is 6.02. The number of rotatable bonds is 6. The molecule has 1 saturated heterocycles. The summed E-state index contributed by atoms with van der Waals surface area (Å²) in [6, 6.07) is 6.39. The first kappa shape index (κ1) is 12.9. The molecule has 1 heterocycles. The summed E-state index contributed by atoms with van der Waals surface area (Å²) in [6.07, 6.45) is 0.738. The molecule has 0 radical (unpaired) electrons. The van der Waals surface area contributed by atoms with Gasteiger partial charge in [0, 0.05) is 19.6 Å². The van der Waals surface area contributed by atoms with E-state index in [4.69, 9.17) is 14.9 Å². The fourth-order valence-electron chi connectivity index (χ4n) is 1.90. The number of β-amino-alcohol motifs (C(OH)–C–C–N with tert-alkyl or cyclic N) is 1. The maximum absolute atomic E-state index is 10.6. The fourth-order valence-corrected chi connectivity index (χ4v) is 1.90. The normalized spacial score (nSPS) is 16.3. The molecule has 0 unspecified atom stereocenters. The molecule has 1 aromatic rings. The van der Waals surface area contributed by atoms with Gasteiger partial charge in [-0.15, -0.1) is 0 Å². The average molecular weight is 251 g/mol. The van der Waals surface area contributed by atoms with Crippen LogP contribution < -0.4 is 4.74 Å². The minimum atomic E-state index is -0.933. The van der Waals surface area contributed by atoms with Crippen molar-refractivity contribution < 1.29 is 19.7 Å². The lowest BCUT2D eigenvalue weighted by molar-refractivity contribution is 0.0000440. The van der Waals surface area contributed by atoms with Crippen LogP contribution in [0, 0.1) is 0 Å². The largest absolute Gasteiger partial charge is 0.494 e. The van der Waals surface area contributed by atoms with Crippen LogP contribution in [0.2, 0.25) is 0 Å². The summed E-state index contributed by atoms with van der Waals surface area (Å²) in [6.45, 7) is 3.03. The molecule has 1 fully saturated rings. The van der Waals surface area contributed by atoms with E-state index in [2.05, 4.69) is 4.90 Å². The second kappa shape index (κ2) is 5.84. The van der Waals surface area contributed by atoms with E-state index in [1.54, 1.807) is 12.1 Å². The summed E-state index contributed by atoms with van der Waals surface area (Å²) in [4.78, 5) is 12.8. The van der Waals surface area contributed by atoms with Crippen molar-refractivity contribution in [3.8, 4) is 5.75 Å². The lowest BCUT2D eigenvalue weighted by atomic mass is 10.1. The molecule has 2 N–H and O–H groups in total. The molecule has 0 saturated carbocycles. The predicted molar refractivity (Wildman–Crippen MR) is 66.0 cm³/mol. The van der Waals surface area contributed by atoms with Crippen LogP contribution in [0.3, 0.4) is 0 Å². The van der Waals surface area contributed by atoms with Gasteiger partial charge in [0.1, 0.15) is 5.75 Å². The highest BCUT2D eigenvalue weighted by Gasteiger charge is 2.23. The van der Waals surface area contributed by atoms with Gasteiger partial charge in [-0.25, -0.2) is 4.79 Å². The van der Waals surface area contributed by atoms with Crippen LogP contribution in [0.15, 0.2) is 24.3 Å². The van der Waals surface area contributed by atoms with E-state index in [-0.39, 0.29) is 11.7 Å². The number of carboxylic acid groups (broad SMARTS) is 1. The monoisotopic (exact) mass is 251 g/mol. The van der Waals surface area contributed by atoms with Crippen molar-refractivity contribution in [2.75, 3.05) is 26.2 Å². The smallest absolute Gasteiger partial charge is 0.335 e. The highest BCUT2D eigenvalue weighted by atomic mass is 16.5. The Bertz CT molecular complexity index is 398. The molecule has 0 aliphatic carbocycles. The van der Waals surface area contributed by atoms with Gasteiger partial charge in [0.2, 0.25) is 0 Å². The number of carbonyl (C=O) groups is 1. The molecular formula is C13H17NO4. The number of likely N-dealkylation sites (tertiary alicyclic amines) is 1. The number of aliphatic hydroxyl groups excluding tert-OH is 1. The predicted octanol–water partition coefficient (Wildman–Crippen LogP) is 0.830. The SMILES string of the molecule is O=C(O)c1ccc(OCCCN2CC(O)C2)cc1. The van der Waals surface area contributed by atoms with Crippen LogP contribution in [-0.2, 0) is 0 Å². The lowest BCUT2D eigenvalue weighted by Gasteiger charge is -2.35. The highest BCUT2D eigenvalue weighted by Crippen LogP contribution is 2.13. The second-order valence-corrected chi connectivity index (χ2v) is 4.44. The lowest BCUT2D eigenvalue weighted by Crippen LogP contribution is -2.50. The average Bonchev–Trinajstić information content (AvgIpc) is 2.32. The van der Waals surface area contributed by atoms with Gasteiger partial charge in [-0.3, -0.25) is 4.90 Å². The quantitative estimate of drug-likeness (QED) is 0.733. The van der Waals surface area contributed by atoms with Gasteiger partial charge in [0.25, 0.3) is 0 Å². The van der Waals surface area contributed by atoms with Crippen molar-refractivity contribution >= 4 is 5.97 Å². The topological polar surface area (TPSA) is 70.0 Å². The Hall–Kier alpha value is -1.59. The van der Waals surface area contributed by atoms with Crippen molar-refractivity contribution in [3.05, 3.63) is 29.8 Å². The van der Waals surface area contributed by atoms with Crippen molar-refractivity contribution in [2.45, 2.75) is 12.5 Å². The molecule has 0 amide bonds. The number of aromatic carboxylic acids is 1. The summed E-state index contributed by atoms with van der Waals surface area (Å²) in [5, 5.41) is 17.8. The third kappa shape index (κ3) is 3.45. The summed E-state index contributed by atoms with van der Waals surface area (Å²) >= 11 is 0. The van der Waals surface area contributed by atoms with E-state index in [9.17, 15) is 4.79 Å². The Labute approximate surface area is 106 Å². The molecule has 0 spiro atoms. The van der Waals surface area contributed by atoms with Crippen molar-refractivity contribution in [1.29, 1.82) is 0 Å². The first-order valence-corrected chi connectivity index (χ1v) is 6.02.